The Morgan fingerprint density at radius 2 is 1.79 bits per heavy atom. The van der Waals surface area contributed by atoms with Crippen LogP contribution in [0.15, 0.2) is 36.7 Å². The first-order valence-electron chi connectivity index (χ1n) is 8.69. The summed E-state index contributed by atoms with van der Waals surface area (Å²) in [5.74, 6) is 1.19. The smallest absolute Gasteiger partial charge is 0.280 e. The monoisotopic (exact) mass is 383 g/mol. The lowest BCUT2D eigenvalue weighted by Gasteiger charge is -2.34. The molecule has 3 heterocycles. The number of nitro benzene ring substituents is 1. The molecule has 0 radical (unpaired) electrons. The maximum Gasteiger partial charge on any atom is 0.280 e. The Labute approximate surface area is 160 Å². The van der Waals surface area contributed by atoms with Gasteiger partial charge < -0.3 is 19.3 Å². The van der Waals surface area contributed by atoms with Crippen molar-refractivity contribution < 1.29 is 19.2 Å². The number of ether oxygens (including phenoxy) is 2. The first kappa shape index (κ1) is 17.7. The van der Waals surface area contributed by atoms with Gasteiger partial charge in [-0.2, -0.15) is 0 Å². The number of carbonyl (C=O) groups excluding carboxylic acids is 1. The van der Waals surface area contributed by atoms with Gasteiger partial charge in [0.2, 0.25) is 18.6 Å². The summed E-state index contributed by atoms with van der Waals surface area (Å²) >= 11 is 0. The number of rotatable bonds is 4. The lowest BCUT2D eigenvalue weighted by molar-refractivity contribution is -0.385. The van der Waals surface area contributed by atoms with E-state index in [2.05, 4.69) is 9.97 Å². The average Bonchev–Trinajstić information content (AvgIpc) is 3.19. The van der Waals surface area contributed by atoms with Crippen LogP contribution in [0, 0.1) is 10.1 Å². The molecule has 2 aliphatic rings. The third-order valence-electron chi connectivity index (χ3n) is 4.55. The first-order chi connectivity index (χ1) is 13.6. The molecule has 1 saturated heterocycles. The second-order valence-electron chi connectivity index (χ2n) is 6.22. The van der Waals surface area contributed by atoms with Crippen molar-refractivity contribution in [2.75, 3.05) is 37.9 Å². The molecule has 1 fully saturated rings. The highest BCUT2D eigenvalue weighted by Gasteiger charge is 2.24. The number of hydrogen-bond donors (Lipinski definition) is 0. The van der Waals surface area contributed by atoms with Crippen LogP contribution in [-0.4, -0.2) is 58.7 Å². The fourth-order valence-corrected chi connectivity index (χ4v) is 3.09. The van der Waals surface area contributed by atoms with Crippen LogP contribution in [0.25, 0.3) is 6.08 Å². The van der Waals surface area contributed by atoms with Gasteiger partial charge in [0.1, 0.15) is 0 Å². The quantitative estimate of drug-likeness (QED) is 0.443. The molecule has 0 spiro atoms. The summed E-state index contributed by atoms with van der Waals surface area (Å²) in [7, 11) is 0. The first-order valence-corrected chi connectivity index (χ1v) is 8.69. The van der Waals surface area contributed by atoms with Crippen LogP contribution in [0.5, 0.6) is 11.5 Å². The largest absolute Gasteiger partial charge is 0.454 e. The van der Waals surface area contributed by atoms with E-state index in [0.717, 1.165) is 0 Å². The summed E-state index contributed by atoms with van der Waals surface area (Å²) in [6, 6.07) is 4.57. The molecular weight excluding hydrogens is 366 g/mol. The van der Waals surface area contributed by atoms with Gasteiger partial charge in [-0.15, -0.1) is 0 Å². The lowest BCUT2D eigenvalue weighted by Crippen LogP contribution is -2.48. The van der Waals surface area contributed by atoms with Crippen molar-refractivity contribution in [3.05, 3.63) is 52.3 Å². The molecular formula is C18H17N5O5. The molecule has 0 bridgehead atoms. The molecule has 2 aromatic rings. The van der Waals surface area contributed by atoms with Gasteiger partial charge in [-0.1, -0.05) is 0 Å². The van der Waals surface area contributed by atoms with Gasteiger partial charge in [0.05, 0.1) is 16.6 Å². The van der Waals surface area contributed by atoms with E-state index in [9.17, 15) is 14.9 Å². The maximum atomic E-state index is 12.5. The molecule has 0 atom stereocenters. The third kappa shape index (κ3) is 3.56. The Bertz CT molecular complexity index is 925. The Morgan fingerprint density at radius 1 is 1.11 bits per heavy atom. The molecule has 28 heavy (non-hydrogen) atoms. The van der Waals surface area contributed by atoms with Crippen molar-refractivity contribution in [1.29, 1.82) is 0 Å². The van der Waals surface area contributed by atoms with Crippen LogP contribution in [0.2, 0.25) is 0 Å². The Balaban J connectivity index is 1.43. The van der Waals surface area contributed by atoms with Crippen LogP contribution >= 0.6 is 0 Å². The van der Waals surface area contributed by atoms with Gasteiger partial charge in [-0.3, -0.25) is 14.9 Å². The maximum absolute atomic E-state index is 12.5. The van der Waals surface area contributed by atoms with Crippen molar-refractivity contribution in [3.63, 3.8) is 0 Å². The predicted molar refractivity (Wildman–Crippen MR) is 99.1 cm³/mol. The highest BCUT2D eigenvalue weighted by atomic mass is 16.7. The van der Waals surface area contributed by atoms with Crippen molar-refractivity contribution in [2.24, 2.45) is 0 Å². The standard InChI is InChI=1S/C18H17N5O5/c24-17(21-6-8-22(9-7-21)18-19-4-1-5-20-18)3-2-13-10-15-16(28-12-27-15)11-14(13)23(25)26/h1-5,10-11H,6-9,12H2/b3-2+. The van der Waals surface area contributed by atoms with E-state index in [4.69, 9.17) is 9.47 Å². The molecule has 0 saturated carbocycles. The minimum atomic E-state index is -0.509. The zero-order chi connectivity index (χ0) is 19.5. The van der Waals surface area contributed by atoms with Gasteiger partial charge >= 0.3 is 0 Å². The van der Waals surface area contributed by atoms with Crippen LogP contribution in [0.1, 0.15) is 5.56 Å². The number of benzene rings is 1. The number of piperazine rings is 1. The number of nitrogens with zero attached hydrogens (tertiary/aromatic N) is 5. The molecule has 10 nitrogen and oxygen atoms in total. The summed E-state index contributed by atoms with van der Waals surface area (Å²) in [4.78, 5) is 35.4. The van der Waals surface area contributed by atoms with Crippen molar-refractivity contribution in [2.45, 2.75) is 0 Å². The van der Waals surface area contributed by atoms with E-state index in [1.165, 1.54) is 24.3 Å². The summed E-state index contributed by atoms with van der Waals surface area (Å²) in [5, 5.41) is 11.3. The fourth-order valence-electron chi connectivity index (χ4n) is 3.09. The molecule has 1 aromatic heterocycles. The van der Waals surface area contributed by atoms with E-state index >= 15 is 0 Å². The Hall–Kier alpha value is -3.69. The Kier molecular flexibility index (Phi) is 4.75. The molecule has 1 amide bonds. The summed E-state index contributed by atoms with van der Waals surface area (Å²) in [5.41, 5.74) is 0.151. The van der Waals surface area contributed by atoms with Crippen molar-refractivity contribution >= 4 is 23.6 Å². The molecule has 0 aliphatic carbocycles. The highest BCUT2D eigenvalue weighted by Crippen LogP contribution is 2.38. The molecule has 0 unspecified atom stereocenters. The van der Waals surface area contributed by atoms with Gasteiger partial charge in [0, 0.05) is 44.6 Å². The molecule has 0 N–H and O–H groups in total. The molecule has 1 aromatic carbocycles. The van der Waals surface area contributed by atoms with Crippen LogP contribution in [0.3, 0.4) is 0 Å². The summed E-state index contributed by atoms with van der Waals surface area (Å²) in [6.45, 7) is 2.30. The van der Waals surface area contributed by atoms with Gasteiger partial charge in [0.15, 0.2) is 11.5 Å². The number of nitro groups is 1. The van der Waals surface area contributed by atoms with Crippen LogP contribution in [0.4, 0.5) is 11.6 Å². The number of anilines is 1. The van der Waals surface area contributed by atoms with Gasteiger partial charge in [-0.05, 0) is 18.2 Å². The zero-order valence-corrected chi connectivity index (χ0v) is 14.9. The topological polar surface area (TPSA) is 111 Å². The lowest BCUT2D eigenvalue weighted by atomic mass is 10.1. The van der Waals surface area contributed by atoms with Gasteiger partial charge in [-0.25, -0.2) is 9.97 Å². The van der Waals surface area contributed by atoms with E-state index in [1.54, 1.807) is 23.4 Å². The molecule has 4 rings (SSSR count). The predicted octanol–water partition coefficient (Wildman–Crippen LogP) is 1.48. The number of fused-ring (bicyclic) bond motifs is 1. The number of amides is 1. The van der Waals surface area contributed by atoms with Gasteiger partial charge in [0.25, 0.3) is 5.69 Å². The zero-order valence-electron chi connectivity index (χ0n) is 14.9. The van der Waals surface area contributed by atoms with Crippen molar-refractivity contribution in [1.82, 2.24) is 14.9 Å². The van der Waals surface area contributed by atoms with Crippen LogP contribution < -0.4 is 14.4 Å². The summed E-state index contributed by atoms with van der Waals surface area (Å²) in [6.07, 6.45) is 6.15. The molecule has 2 aliphatic heterocycles. The van der Waals surface area contributed by atoms with E-state index in [0.29, 0.717) is 49.2 Å². The Morgan fingerprint density at radius 3 is 2.46 bits per heavy atom. The second-order valence-corrected chi connectivity index (χ2v) is 6.22. The number of carbonyl (C=O) groups is 1. The highest BCUT2D eigenvalue weighted by molar-refractivity contribution is 5.92. The second kappa shape index (κ2) is 7.51. The minimum absolute atomic E-state index is 0.0218. The summed E-state index contributed by atoms with van der Waals surface area (Å²) < 4.78 is 10.4. The van der Waals surface area contributed by atoms with E-state index < -0.39 is 4.92 Å². The average molecular weight is 383 g/mol. The normalized spacial score (nSPS) is 15.9. The van der Waals surface area contributed by atoms with E-state index in [1.807, 2.05) is 4.90 Å². The molecule has 144 valence electrons. The third-order valence-corrected chi connectivity index (χ3v) is 4.55. The number of aromatic nitrogens is 2. The van der Waals surface area contributed by atoms with Crippen LogP contribution in [-0.2, 0) is 4.79 Å². The van der Waals surface area contributed by atoms with E-state index in [-0.39, 0.29) is 18.4 Å². The minimum Gasteiger partial charge on any atom is -0.454 e. The number of hydrogen-bond acceptors (Lipinski definition) is 8. The molecule has 10 heteroatoms. The van der Waals surface area contributed by atoms with Crippen molar-refractivity contribution in [3.8, 4) is 11.5 Å². The SMILES string of the molecule is O=C(/C=C/c1cc2c(cc1[N+](=O)[O-])OCO2)N1CCN(c2ncccn2)CC1. The fraction of sp³-hybridized carbons (Fsp3) is 0.278.